The summed E-state index contributed by atoms with van der Waals surface area (Å²) in [6, 6.07) is 19.3. The Bertz CT molecular complexity index is 1560. The molecule has 1 unspecified atom stereocenters. The molecule has 0 saturated carbocycles. The van der Waals surface area contributed by atoms with E-state index in [1.807, 2.05) is 78.0 Å². The van der Waals surface area contributed by atoms with E-state index >= 15 is 0 Å². The molecule has 1 saturated heterocycles. The molecule has 3 heterocycles. The van der Waals surface area contributed by atoms with Crippen molar-refractivity contribution in [1.29, 1.82) is 0 Å². The first kappa shape index (κ1) is 34.3. The van der Waals surface area contributed by atoms with Crippen LogP contribution in [0.2, 0.25) is 0 Å². The summed E-state index contributed by atoms with van der Waals surface area (Å²) in [5.41, 5.74) is 3.85. The number of amides is 2. The van der Waals surface area contributed by atoms with Crippen molar-refractivity contribution in [2.75, 3.05) is 19.7 Å². The highest BCUT2D eigenvalue weighted by Crippen LogP contribution is 2.25. The number of carbonyl (C=O) groups excluding carboxylic acids is 2. The van der Waals surface area contributed by atoms with E-state index in [2.05, 4.69) is 36.1 Å². The van der Waals surface area contributed by atoms with Crippen molar-refractivity contribution in [2.24, 2.45) is 5.92 Å². The molecule has 1 aliphatic heterocycles. The van der Waals surface area contributed by atoms with Gasteiger partial charge in [0.05, 0.1) is 11.5 Å². The Morgan fingerprint density at radius 2 is 1.51 bits per heavy atom. The summed E-state index contributed by atoms with van der Waals surface area (Å²) in [6.45, 7) is 8.80. The van der Waals surface area contributed by atoms with Crippen LogP contribution in [0, 0.1) is 5.92 Å². The number of ether oxygens (including phenoxy) is 1. The summed E-state index contributed by atoms with van der Waals surface area (Å²) < 4.78 is 5.91. The molecule has 1 aliphatic rings. The first-order valence-corrected chi connectivity index (χ1v) is 18.0. The molecule has 8 heteroatoms. The average molecular weight is 653 g/mol. The normalized spacial score (nSPS) is 13.6. The number of nitrogens with one attached hydrogen (secondary N) is 1. The van der Waals surface area contributed by atoms with Crippen LogP contribution in [0.25, 0.3) is 22.5 Å². The van der Waals surface area contributed by atoms with E-state index in [9.17, 15) is 9.59 Å². The van der Waals surface area contributed by atoms with Crippen molar-refractivity contribution in [1.82, 2.24) is 20.2 Å². The number of rotatable bonds is 16. The molecule has 1 N–H and O–H groups in total. The van der Waals surface area contributed by atoms with Crippen LogP contribution in [0.3, 0.4) is 0 Å². The molecule has 248 valence electrons. The van der Waals surface area contributed by atoms with Gasteiger partial charge >= 0.3 is 0 Å². The van der Waals surface area contributed by atoms with E-state index in [4.69, 9.17) is 4.74 Å². The van der Waals surface area contributed by atoms with Crippen molar-refractivity contribution in [3.63, 3.8) is 0 Å². The molecule has 5 rings (SSSR count). The van der Waals surface area contributed by atoms with Crippen molar-refractivity contribution < 1.29 is 14.3 Å². The van der Waals surface area contributed by atoms with E-state index < -0.39 is 6.04 Å². The average Bonchev–Trinajstić information content (AvgIpc) is 3.80. The van der Waals surface area contributed by atoms with E-state index in [1.165, 1.54) is 41.9 Å². The lowest BCUT2D eigenvalue weighted by Gasteiger charge is -2.24. The number of thiophene rings is 1. The van der Waals surface area contributed by atoms with Gasteiger partial charge in [-0.3, -0.25) is 9.59 Å². The molecular formula is C39H48N4O3S. The zero-order valence-corrected chi connectivity index (χ0v) is 28.9. The van der Waals surface area contributed by atoms with Crippen LogP contribution in [0.5, 0.6) is 5.75 Å². The third-order valence-electron chi connectivity index (χ3n) is 8.52. The van der Waals surface area contributed by atoms with Gasteiger partial charge in [-0.25, -0.2) is 9.97 Å². The Balaban J connectivity index is 1.19. The minimum Gasteiger partial charge on any atom is -0.494 e. The van der Waals surface area contributed by atoms with E-state index in [1.54, 1.807) is 0 Å². The number of hydrogen-bond donors (Lipinski definition) is 1. The molecule has 4 aromatic rings. The van der Waals surface area contributed by atoms with E-state index in [-0.39, 0.29) is 11.8 Å². The van der Waals surface area contributed by atoms with Gasteiger partial charge in [-0.1, -0.05) is 82.9 Å². The van der Waals surface area contributed by atoms with Crippen molar-refractivity contribution in [2.45, 2.75) is 84.6 Å². The van der Waals surface area contributed by atoms with Gasteiger partial charge in [0.25, 0.3) is 5.91 Å². The Kier molecular flexibility index (Phi) is 12.6. The van der Waals surface area contributed by atoms with Gasteiger partial charge in [0.2, 0.25) is 5.91 Å². The smallest absolute Gasteiger partial charge is 0.262 e. The van der Waals surface area contributed by atoms with Crippen molar-refractivity contribution in [3.05, 3.63) is 88.4 Å². The summed E-state index contributed by atoms with van der Waals surface area (Å²) in [5.74, 6) is 1.84. The first-order valence-electron chi connectivity index (χ1n) is 17.2. The Morgan fingerprint density at radius 1 is 0.830 bits per heavy atom. The highest BCUT2D eigenvalue weighted by Gasteiger charge is 2.29. The number of hydrogen-bond acceptors (Lipinski definition) is 6. The second kappa shape index (κ2) is 17.2. The van der Waals surface area contributed by atoms with Crippen molar-refractivity contribution in [3.8, 4) is 28.3 Å². The first-order chi connectivity index (χ1) is 22.9. The van der Waals surface area contributed by atoms with Gasteiger partial charge in [-0.05, 0) is 67.0 Å². The van der Waals surface area contributed by atoms with Crippen LogP contribution >= 0.6 is 11.3 Å². The summed E-state index contributed by atoms with van der Waals surface area (Å²) in [6.07, 6.45) is 13.2. The van der Waals surface area contributed by atoms with Crippen LogP contribution in [-0.4, -0.2) is 52.4 Å². The molecule has 1 fully saturated rings. The Morgan fingerprint density at radius 3 is 2.19 bits per heavy atom. The zero-order chi connectivity index (χ0) is 33.0. The molecule has 0 spiro atoms. The molecule has 0 aliphatic carbocycles. The van der Waals surface area contributed by atoms with Crippen molar-refractivity contribution >= 4 is 23.2 Å². The second-order valence-corrected chi connectivity index (χ2v) is 14.1. The topological polar surface area (TPSA) is 84.4 Å². The zero-order valence-electron chi connectivity index (χ0n) is 28.0. The molecule has 0 bridgehead atoms. The number of benzene rings is 2. The third kappa shape index (κ3) is 9.97. The largest absolute Gasteiger partial charge is 0.494 e. The van der Waals surface area contributed by atoms with Gasteiger partial charge in [0.15, 0.2) is 5.82 Å². The Labute approximate surface area is 283 Å². The van der Waals surface area contributed by atoms with Gasteiger partial charge < -0.3 is 15.0 Å². The van der Waals surface area contributed by atoms with Gasteiger partial charge in [-0.2, -0.15) is 0 Å². The molecule has 2 aromatic heterocycles. The van der Waals surface area contributed by atoms with Crippen LogP contribution in [-0.2, 0) is 17.6 Å². The minimum atomic E-state index is -0.625. The third-order valence-corrected chi connectivity index (χ3v) is 9.63. The molecule has 7 nitrogen and oxygen atoms in total. The molecule has 0 radical (unpaired) electrons. The standard InChI is InChI=1S/C39H48N4O3S/c1-4-5-6-7-10-23-46-33-17-15-30(16-18-33)32-26-40-37(41-27-32)31-13-11-29(12-14-31)25-35(39(45)43-21-8-9-22-43)42-38(44)36-20-19-34(47-36)24-28(2)3/h11-20,26-28,35H,4-10,21-25H2,1-3H3,(H,42,44). The lowest BCUT2D eigenvalue weighted by molar-refractivity contribution is -0.132. The number of aromatic nitrogens is 2. The lowest BCUT2D eigenvalue weighted by atomic mass is 10.0. The molecule has 1 atom stereocenters. The fraction of sp³-hybridized carbons (Fsp3) is 0.436. The summed E-state index contributed by atoms with van der Waals surface area (Å²) in [4.78, 5) is 39.7. The fourth-order valence-corrected chi connectivity index (χ4v) is 7.01. The SMILES string of the molecule is CCCCCCCOc1ccc(-c2cnc(-c3ccc(CC(NC(=O)c4ccc(CC(C)C)s4)C(=O)N4CCCC4)cc3)nc2)cc1. The number of unbranched alkanes of at least 4 members (excludes halogenated alkanes) is 4. The highest BCUT2D eigenvalue weighted by molar-refractivity contribution is 7.14. The van der Waals surface area contributed by atoms with E-state index in [0.717, 1.165) is 73.4 Å². The molecule has 47 heavy (non-hydrogen) atoms. The summed E-state index contributed by atoms with van der Waals surface area (Å²) in [5, 5.41) is 3.06. The van der Waals surface area contributed by atoms with Crippen LogP contribution < -0.4 is 10.1 Å². The molecule has 2 aromatic carbocycles. The fourth-order valence-electron chi connectivity index (χ4n) is 5.89. The van der Waals surface area contributed by atoms with Crippen LogP contribution in [0.4, 0.5) is 0 Å². The predicted octanol–water partition coefficient (Wildman–Crippen LogP) is 8.38. The Hall–Kier alpha value is -4.04. The number of carbonyl (C=O) groups is 2. The number of nitrogens with zero attached hydrogens (tertiary/aromatic N) is 3. The maximum atomic E-state index is 13.5. The van der Waals surface area contributed by atoms with Gasteiger partial charge in [0.1, 0.15) is 11.8 Å². The summed E-state index contributed by atoms with van der Waals surface area (Å²) >= 11 is 1.51. The van der Waals surface area contributed by atoms with E-state index in [0.29, 0.717) is 23.0 Å². The second-order valence-electron chi connectivity index (χ2n) is 12.9. The monoisotopic (exact) mass is 652 g/mol. The van der Waals surface area contributed by atoms with Crippen LogP contribution in [0.1, 0.15) is 85.8 Å². The quantitative estimate of drug-likeness (QED) is 0.123. The summed E-state index contributed by atoms with van der Waals surface area (Å²) in [7, 11) is 0. The highest BCUT2D eigenvalue weighted by atomic mass is 32.1. The molecular weight excluding hydrogens is 605 g/mol. The minimum absolute atomic E-state index is 0.0141. The van der Waals surface area contributed by atoms with Gasteiger partial charge in [0, 0.05) is 47.9 Å². The lowest BCUT2D eigenvalue weighted by Crippen LogP contribution is -2.48. The van der Waals surface area contributed by atoms with Gasteiger partial charge in [-0.15, -0.1) is 11.3 Å². The number of likely N-dealkylation sites (tertiary alicyclic amines) is 1. The maximum Gasteiger partial charge on any atom is 0.262 e. The predicted molar refractivity (Wildman–Crippen MR) is 191 cm³/mol. The maximum absolute atomic E-state index is 13.5. The van der Waals surface area contributed by atoms with Crippen LogP contribution in [0.15, 0.2) is 73.1 Å². The molecule has 2 amide bonds.